The number of benzene rings is 1. The van der Waals surface area contributed by atoms with Gasteiger partial charge < -0.3 is 10.2 Å². The van der Waals surface area contributed by atoms with Crippen molar-refractivity contribution in [2.24, 2.45) is 0 Å². The fraction of sp³-hybridized carbons (Fsp3) is 0.267. The number of hydrogen-bond acceptors (Lipinski definition) is 3. The highest BCUT2D eigenvalue weighted by atomic mass is 16.3. The molecule has 0 radical (unpaired) electrons. The van der Waals surface area contributed by atoms with Crippen molar-refractivity contribution in [3.63, 3.8) is 0 Å². The zero-order chi connectivity index (χ0) is 12.7. The molecule has 1 aromatic carbocycles. The molecule has 0 fully saturated rings. The zero-order valence-corrected chi connectivity index (χ0v) is 10.2. The summed E-state index contributed by atoms with van der Waals surface area (Å²) in [5.74, 6) is 0.516. The Morgan fingerprint density at radius 2 is 2.11 bits per heavy atom. The Kier molecular flexibility index (Phi) is 2.56. The quantitative estimate of drug-likeness (QED) is 0.755. The molecule has 3 rings (SSSR count). The molecule has 0 amide bonds. The van der Waals surface area contributed by atoms with E-state index in [1.807, 2.05) is 18.3 Å². The summed E-state index contributed by atoms with van der Waals surface area (Å²) < 4.78 is 0. The van der Waals surface area contributed by atoms with E-state index in [-0.39, 0.29) is 18.3 Å². The molecule has 0 bridgehead atoms. The van der Waals surface area contributed by atoms with Crippen LogP contribution in [0.15, 0.2) is 36.5 Å². The lowest BCUT2D eigenvalue weighted by Crippen LogP contribution is -2.12. The molecule has 2 atom stereocenters. The molecule has 0 aliphatic heterocycles. The van der Waals surface area contributed by atoms with E-state index in [2.05, 4.69) is 18.0 Å². The highest BCUT2D eigenvalue weighted by molar-refractivity contribution is 5.86. The second-order valence-corrected chi connectivity index (χ2v) is 4.79. The molecule has 0 spiro atoms. The van der Waals surface area contributed by atoms with Crippen LogP contribution in [0.1, 0.15) is 29.9 Å². The number of phenolic OH excluding ortho intramolecular Hbond substituents is 1. The first-order valence-corrected chi connectivity index (χ1v) is 6.11. The Morgan fingerprint density at radius 3 is 2.89 bits per heavy atom. The van der Waals surface area contributed by atoms with Crippen molar-refractivity contribution in [3.8, 4) is 5.75 Å². The summed E-state index contributed by atoms with van der Waals surface area (Å²) >= 11 is 0. The maximum atomic E-state index is 9.65. The Balaban J connectivity index is 2.35. The van der Waals surface area contributed by atoms with E-state index in [1.165, 1.54) is 0 Å². The number of aromatic nitrogens is 1. The van der Waals surface area contributed by atoms with Crippen LogP contribution in [0.3, 0.4) is 0 Å². The fourth-order valence-electron chi connectivity index (χ4n) is 2.65. The lowest BCUT2D eigenvalue weighted by atomic mass is 9.82. The van der Waals surface area contributed by atoms with Crippen molar-refractivity contribution in [2.75, 3.05) is 6.61 Å². The molecule has 1 aliphatic carbocycles. The molecule has 18 heavy (non-hydrogen) atoms. The highest BCUT2D eigenvalue weighted by Gasteiger charge is 2.22. The topological polar surface area (TPSA) is 53.4 Å². The summed E-state index contributed by atoms with van der Waals surface area (Å²) in [6, 6.07) is 5.18. The van der Waals surface area contributed by atoms with Gasteiger partial charge in [-0.1, -0.05) is 19.1 Å². The third kappa shape index (κ3) is 1.59. The molecular weight excluding hydrogens is 226 g/mol. The normalized spacial score (nSPS) is 22.1. The van der Waals surface area contributed by atoms with E-state index in [1.54, 1.807) is 12.1 Å². The average molecular weight is 241 g/mol. The molecule has 0 unspecified atom stereocenters. The third-order valence-corrected chi connectivity index (χ3v) is 3.61. The lowest BCUT2D eigenvalue weighted by molar-refractivity contribution is 0.282. The molecule has 1 aromatic heterocycles. The number of pyridine rings is 1. The number of phenols is 1. The Hall–Kier alpha value is -1.87. The minimum Gasteiger partial charge on any atom is -0.508 e. The van der Waals surface area contributed by atoms with Gasteiger partial charge in [0, 0.05) is 23.4 Å². The Bertz CT molecular complexity index is 634. The van der Waals surface area contributed by atoms with Crippen LogP contribution in [0.2, 0.25) is 0 Å². The summed E-state index contributed by atoms with van der Waals surface area (Å²) in [5, 5.41) is 20.1. The van der Waals surface area contributed by atoms with Crippen molar-refractivity contribution in [1.82, 2.24) is 4.98 Å². The van der Waals surface area contributed by atoms with Gasteiger partial charge in [-0.3, -0.25) is 4.98 Å². The largest absolute Gasteiger partial charge is 0.508 e. The lowest BCUT2D eigenvalue weighted by Gasteiger charge is -2.24. The van der Waals surface area contributed by atoms with Crippen molar-refractivity contribution in [3.05, 3.63) is 47.7 Å². The SMILES string of the molecule is C[C@H]1C=C[C@@H](CO)c2c1cnc1ccc(O)cc21. The number of hydrogen-bond donors (Lipinski definition) is 2. The van der Waals surface area contributed by atoms with Crippen LogP contribution < -0.4 is 0 Å². The van der Waals surface area contributed by atoms with E-state index >= 15 is 0 Å². The highest BCUT2D eigenvalue weighted by Crippen LogP contribution is 2.38. The van der Waals surface area contributed by atoms with Gasteiger partial charge in [-0.15, -0.1) is 0 Å². The van der Waals surface area contributed by atoms with Crippen LogP contribution in [0, 0.1) is 0 Å². The van der Waals surface area contributed by atoms with Gasteiger partial charge in [-0.05, 0) is 29.3 Å². The Morgan fingerprint density at radius 1 is 1.28 bits per heavy atom. The smallest absolute Gasteiger partial charge is 0.116 e. The first-order chi connectivity index (χ1) is 8.70. The van der Waals surface area contributed by atoms with Crippen LogP contribution in [0.25, 0.3) is 10.9 Å². The number of aliphatic hydroxyl groups is 1. The fourth-order valence-corrected chi connectivity index (χ4v) is 2.65. The van der Waals surface area contributed by atoms with Crippen molar-refractivity contribution < 1.29 is 10.2 Å². The van der Waals surface area contributed by atoms with Gasteiger partial charge in [0.1, 0.15) is 5.75 Å². The first kappa shape index (κ1) is 11.2. The zero-order valence-electron chi connectivity index (χ0n) is 10.2. The minimum atomic E-state index is -0.0106. The van der Waals surface area contributed by atoms with Gasteiger partial charge in [0.15, 0.2) is 0 Å². The van der Waals surface area contributed by atoms with Crippen molar-refractivity contribution in [2.45, 2.75) is 18.8 Å². The second-order valence-electron chi connectivity index (χ2n) is 4.79. The summed E-state index contributed by atoms with van der Waals surface area (Å²) in [5.41, 5.74) is 3.08. The molecule has 1 aliphatic rings. The standard InChI is InChI=1S/C15H15NO2/c1-9-2-3-10(8-17)15-12-6-11(18)4-5-14(12)16-7-13(9)15/h2-7,9-10,17-18H,8H2,1H3/t9-,10-/m0/s1. The molecular formula is C15H15NO2. The Labute approximate surface area is 105 Å². The second kappa shape index (κ2) is 4.10. The van der Waals surface area contributed by atoms with E-state index in [0.29, 0.717) is 5.92 Å². The van der Waals surface area contributed by atoms with E-state index < -0.39 is 0 Å². The van der Waals surface area contributed by atoms with E-state index in [0.717, 1.165) is 22.0 Å². The average Bonchev–Trinajstić information content (AvgIpc) is 2.39. The molecule has 0 saturated heterocycles. The summed E-state index contributed by atoms with van der Waals surface area (Å²) in [6.07, 6.45) is 6.02. The molecule has 2 N–H and O–H groups in total. The number of allylic oxidation sites excluding steroid dienone is 1. The van der Waals surface area contributed by atoms with Crippen LogP contribution in [-0.2, 0) is 0 Å². The maximum absolute atomic E-state index is 9.65. The van der Waals surface area contributed by atoms with Gasteiger partial charge in [-0.25, -0.2) is 0 Å². The molecule has 3 nitrogen and oxygen atoms in total. The van der Waals surface area contributed by atoms with Gasteiger partial charge >= 0.3 is 0 Å². The molecule has 0 saturated carbocycles. The van der Waals surface area contributed by atoms with Gasteiger partial charge in [0.25, 0.3) is 0 Å². The van der Waals surface area contributed by atoms with Crippen LogP contribution >= 0.6 is 0 Å². The van der Waals surface area contributed by atoms with E-state index in [4.69, 9.17) is 0 Å². The van der Waals surface area contributed by atoms with Crippen LogP contribution in [0.5, 0.6) is 5.75 Å². The predicted octanol–water partition coefficient (Wildman–Crippen LogP) is 2.69. The van der Waals surface area contributed by atoms with Gasteiger partial charge in [-0.2, -0.15) is 0 Å². The van der Waals surface area contributed by atoms with E-state index in [9.17, 15) is 10.2 Å². The van der Waals surface area contributed by atoms with Gasteiger partial charge in [0.05, 0.1) is 12.1 Å². The number of fused-ring (bicyclic) bond motifs is 3. The van der Waals surface area contributed by atoms with Gasteiger partial charge in [0.2, 0.25) is 0 Å². The molecule has 2 aromatic rings. The minimum absolute atomic E-state index is 0.0106. The maximum Gasteiger partial charge on any atom is 0.116 e. The predicted molar refractivity (Wildman–Crippen MR) is 70.8 cm³/mol. The van der Waals surface area contributed by atoms with Crippen molar-refractivity contribution in [1.29, 1.82) is 0 Å². The first-order valence-electron chi connectivity index (χ1n) is 6.11. The molecule has 92 valence electrons. The number of aromatic hydroxyl groups is 1. The van der Waals surface area contributed by atoms with Crippen LogP contribution in [-0.4, -0.2) is 21.8 Å². The molecule has 3 heteroatoms. The monoisotopic (exact) mass is 241 g/mol. The summed E-state index contributed by atoms with van der Waals surface area (Å²) in [6.45, 7) is 2.18. The summed E-state index contributed by atoms with van der Waals surface area (Å²) in [4.78, 5) is 4.43. The van der Waals surface area contributed by atoms with Crippen molar-refractivity contribution >= 4 is 10.9 Å². The molecule has 1 heterocycles. The summed E-state index contributed by atoms with van der Waals surface area (Å²) in [7, 11) is 0. The van der Waals surface area contributed by atoms with Crippen LogP contribution in [0.4, 0.5) is 0 Å². The number of aliphatic hydroxyl groups excluding tert-OH is 1. The third-order valence-electron chi connectivity index (χ3n) is 3.61. The number of nitrogens with zero attached hydrogens (tertiary/aromatic N) is 1. The number of rotatable bonds is 1.